The number of carbonyl (C=O) groups is 1. The molecule has 0 aromatic carbocycles. The molecule has 1 saturated heterocycles. The number of amides is 1. The van der Waals surface area contributed by atoms with E-state index in [1.807, 2.05) is 24.5 Å². The van der Waals surface area contributed by atoms with Crippen molar-refractivity contribution in [2.45, 2.75) is 44.2 Å². The molecule has 1 N–H and O–H groups in total. The highest BCUT2D eigenvalue weighted by atomic mass is 32.1. The van der Waals surface area contributed by atoms with Gasteiger partial charge >= 0.3 is 0 Å². The first-order valence-electron chi connectivity index (χ1n) is 10.3. The topological polar surface area (TPSA) is 72.3 Å². The molecular weight excluding hydrogens is 398 g/mol. The minimum atomic E-state index is -0.521. The number of pyridine rings is 1. The van der Waals surface area contributed by atoms with Gasteiger partial charge in [-0.05, 0) is 46.9 Å². The molecule has 1 spiro atoms. The van der Waals surface area contributed by atoms with Gasteiger partial charge in [-0.3, -0.25) is 14.7 Å². The van der Waals surface area contributed by atoms with Gasteiger partial charge in [-0.15, -0.1) is 0 Å². The van der Waals surface area contributed by atoms with Crippen LogP contribution in [0.5, 0.6) is 0 Å². The van der Waals surface area contributed by atoms with Crippen LogP contribution in [0.2, 0.25) is 0 Å². The first-order chi connectivity index (χ1) is 14.7. The fraction of sp³-hybridized carbons (Fsp3) is 0.409. The van der Waals surface area contributed by atoms with Gasteiger partial charge in [0.05, 0.1) is 6.54 Å². The predicted octanol–water partition coefficient (Wildman–Crippen LogP) is 2.55. The van der Waals surface area contributed by atoms with Crippen molar-refractivity contribution in [3.8, 4) is 0 Å². The highest BCUT2D eigenvalue weighted by Crippen LogP contribution is 2.40. The number of thiophene rings is 1. The van der Waals surface area contributed by atoms with Gasteiger partial charge in [0.15, 0.2) is 6.10 Å². The van der Waals surface area contributed by atoms with Crippen LogP contribution >= 0.6 is 11.3 Å². The first-order valence-corrected chi connectivity index (χ1v) is 11.3. The fourth-order valence-electron chi connectivity index (χ4n) is 4.39. The maximum atomic E-state index is 12.9. The van der Waals surface area contributed by atoms with E-state index in [0.29, 0.717) is 13.1 Å². The first kappa shape index (κ1) is 19.4. The summed E-state index contributed by atoms with van der Waals surface area (Å²) in [6.45, 7) is 3.75. The molecule has 1 fully saturated rings. The molecule has 8 heteroatoms. The van der Waals surface area contributed by atoms with Crippen LogP contribution in [0.25, 0.3) is 0 Å². The number of hydrogen-bond acceptors (Lipinski definition) is 6. The number of likely N-dealkylation sites (tertiary alicyclic amines) is 1. The Hall–Kier alpha value is -2.55. The van der Waals surface area contributed by atoms with E-state index in [0.717, 1.165) is 43.9 Å². The summed E-state index contributed by atoms with van der Waals surface area (Å²) in [6.07, 6.45) is 8.41. The summed E-state index contributed by atoms with van der Waals surface area (Å²) < 4.78 is 8.59. The number of imidazole rings is 1. The van der Waals surface area contributed by atoms with Crippen LogP contribution in [0.4, 0.5) is 0 Å². The van der Waals surface area contributed by atoms with Crippen LogP contribution in [-0.2, 0) is 34.8 Å². The second-order valence-electron chi connectivity index (χ2n) is 7.99. The molecule has 156 valence electrons. The third-order valence-corrected chi connectivity index (χ3v) is 6.72. The SMILES string of the molecule is O=C(NCc1cccnc1)[C@H]1Cn2ccnc2C2(CCN(Cc3ccsc3)CC2)O1. The molecule has 1 atom stereocenters. The summed E-state index contributed by atoms with van der Waals surface area (Å²) >= 11 is 1.73. The summed E-state index contributed by atoms with van der Waals surface area (Å²) in [6, 6.07) is 6.00. The molecule has 0 unspecified atom stereocenters. The molecule has 30 heavy (non-hydrogen) atoms. The molecule has 7 nitrogen and oxygen atoms in total. The minimum absolute atomic E-state index is 0.0849. The average Bonchev–Trinajstić information content (AvgIpc) is 3.47. The zero-order valence-electron chi connectivity index (χ0n) is 16.7. The Bertz CT molecular complexity index is 980. The van der Waals surface area contributed by atoms with E-state index in [1.54, 1.807) is 23.7 Å². The molecule has 5 rings (SSSR count). The molecule has 3 aromatic heterocycles. The van der Waals surface area contributed by atoms with Crippen LogP contribution in [0.3, 0.4) is 0 Å². The van der Waals surface area contributed by atoms with E-state index in [4.69, 9.17) is 4.74 Å². The van der Waals surface area contributed by atoms with E-state index in [-0.39, 0.29) is 5.91 Å². The summed E-state index contributed by atoms with van der Waals surface area (Å²) in [5.74, 6) is 0.868. The van der Waals surface area contributed by atoms with Gasteiger partial charge in [0.2, 0.25) is 0 Å². The van der Waals surface area contributed by atoms with E-state index < -0.39 is 11.7 Å². The van der Waals surface area contributed by atoms with Crippen molar-refractivity contribution in [3.05, 3.63) is 70.7 Å². The number of nitrogens with one attached hydrogen (secondary N) is 1. The fourth-order valence-corrected chi connectivity index (χ4v) is 5.05. The largest absolute Gasteiger partial charge is 0.352 e. The van der Waals surface area contributed by atoms with Crippen molar-refractivity contribution in [2.75, 3.05) is 13.1 Å². The van der Waals surface area contributed by atoms with Crippen molar-refractivity contribution in [3.63, 3.8) is 0 Å². The Morgan fingerprint density at radius 1 is 1.27 bits per heavy atom. The van der Waals surface area contributed by atoms with Gasteiger partial charge in [0.25, 0.3) is 5.91 Å². The van der Waals surface area contributed by atoms with Gasteiger partial charge < -0.3 is 14.6 Å². The number of carbonyl (C=O) groups excluding carboxylic acids is 1. The summed E-state index contributed by atoms with van der Waals surface area (Å²) in [5, 5.41) is 7.33. The van der Waals surface area contributed by atoms with Crippen LogP contribution in [0, 0.1) is 0 Å². The maximum Gasteiger partial charge on any atom is 0.251 e. The zero-order valence-corrected chi connectivity index (χ0v) is 17.6. The number of fused-ring (bicyclic) bond motifs is 2. The molecule has 0 bridgehead atoms. The van der Waals surface area contributed by atoms with Gasteiger partial charge in [-0.25, -0.2) is 4.98 Å². The Labute approximate surface area is 179 Å². The van der Waals surface area contributed by atoms with Crippen LogP contribution in [0.1, 0.15) is 29.8 Å². The Balaban J connectivity index is 1.27. The van der Waals surface area contributed by atoms with E-state index in [2.05, 4.69) is 41.6 Å². The molecule has 0 aliphatic carbocycles. The van der Waals surface area contributed by atoms with Gasteiger partial charge in [-0.2, -0.15) is 11.3 Å². The zero-order chi connectivity index (χ0) is 20.4. The van der Waals surface area contributed by atoms with E-state index in [1.165, 1.54) is 5.56 Å². The normalized spacial score (nSPS) is 20.7. The van der Waals surface area contributed by atoms with Crippen LogP contribution in [0.15, 0.2) is 53.7 Å². The summed E-state index contributed by atoms with van der Waals surface area (Å²) in [4.78, 5) is 24.1. The van der Waals surface area contributed by atoms with E-state index in [9.17, 15) is 4.79 Å². The summed E-state index contributed by atoms with van der Waals surface area (Å²) in [7, 11) is 0. The van der Waals surface area contributed by atoms with Crippen molar-refractivity contribution >= 4 is 17.2 Å². The number of aromatic nitrogens is 3. The molecule has 3 aromatic rings. The Kier molecular flexibility index (Phi) is 5.37. The highest BCUT2D eigenvalue weighted by molar-refractivity contribution is 7.07. The third kappa shape index (κ3) is 3.90. The van der Waals surface area contributed by atoms with Crippen molar-refractivity contribution in [1.82, 2.24) is 24.8 Å². The monoisotopic (exact) mass is 423 g/mol. The quantitative estimate of drug-likeness (QED) is 0.683. The molecule has 1 amide bonds. The number of hydrogen-bond donors (Lipinski definition) is 1. The molecule has 0 saturated carbocycles. The Morgan fingerprint density at radius 2 is 2.17 bits per heavy atom. The lowest BCUT2D eigenvalue weighted by molar-refractivity contribution is -0.174. The molecule has 5 heterocycles. The lowest BCUT2D eigenvalue weighted by atomic mass is 9.88. The lowest BCUT2D eigenvalue weighted by Crippen LogP contribution is -2.53. The third-order valence-electron chi connectivity index (χ3n) is 5.99. The number of ether oxygens (including phenoxy) is 1. The van der Waals surface area contributed by atoms with Crippen molar-refractivity contribution in [1.29, 1.82) is 0 Å². The van der Waals surface area contributed by atoms with Crippen LogP contribution < -0.4 is 5.32 Å². The molecule has 2 aliphatic rings. The molecular formula is C22H25N5O2S. The van der Waals surface area contributed by atoms with Crippen molar-refractivity contribution in [2.24, 2.45) is 0 Å². The highest BCUT2D eigenvalue weighted by Gasteiger charge is 2.47. The molecule has 0 radical (unpaired) electrons. The number of piperidine rings is 1. The lowest BCUT2D eigenvalue weighted by Gasteiger charge is -2.45. The summed E-state index contributed by atoms with van der Waals surface area (Å²) in [5.41, 5.74) is 1.83. The predicted molar refractivity (Wildman–Crippen MR) is 114 cm³/mol. The maximum absolute atomic E-state index is 12.9. The second-order valence-corrected chi connectivity index (χ2v) is 8.77. The minimum Gasteiger partial charge on any atom is -0.352 e. The number of nitrogens with zero attached hydrogens (tertiary/aromatic N) is 4. The second kappa shape index (κ2) is 8.29. The van der Waals surface area contributed by atoms with Crippen molar-refractivity contribution < 1.29 is 9.53 Å². The average molecular weight is 424 g/mol. The van der Waals surface area contributed by atoms with Gasteiger partial charge in [0, 0.05) is 51.0 Å². The smallest absolute Gasteiger partial charge is 0.251 e. The van der Waals surface area contributed by atoms with Crippen LogP contribution in [-0.4, -0.2) is 44.5 Å². The van der Waals surface area contributed by atoms with Gasteiger partial charge in [-0.1, -0.05) is 6.07 Å². The Morgan fingerprint density at radius 3 is 2.93 bits per heavy atom. The standard InChI is InChI=1S/C22H25N5O2S/c28-20(25-13-17-2-1-6-23-12-17)19-15-27-10-7-24-21(27)22(29-19)4-8-26(9-5-22)14-18-3-11-30-16-18/h1-3,6-7,10-12,16,19H,4-5,8-9,13-15H2,(H,25,28)/t19-/m1/s1. The molecule has 2 aliphatic heterocycles. The number of rotatable bonds is 5. The van der Waals surface area contributed by atoms with E-state index >= 15 is 0 Å². The van der Waals surface area contributed by atoms with Gasteiger partial charge in [0.1, 0.15) is 11.4 Å².